The van der Waals surface area contributed by atoms with Gasteiger partial charge in [0.1, 0.15) is 18.1 Å². The lowest BCUT2D eigenvalue weighted by molar-refractivity contribution is 0.293. The third-order valence-corrected chi connectivity index (χ3v) is 3.70. The number of halogens is 1. The van der Waals surface area contributed by atoms with Crippen LogP contribution in [0.2, 0.25) is 0 Å². The summed E-state index contributed by atoms with van der Waals surface area (Å²) >= 11 is 3.48. The number of ether oxygens (including phenoxy) is 2. The number of benzene rings is 2. The average Bonchev–Trinajstić information content (AvgIpc) is 2.47. The number of hydrogen-bond acceptors (Lipinski definition) is 3. The molecule has 0 amide bonds. The van der Waals surface area contributed by atoms with Gasteiger partial charge in [-0.1, -0.05) is 33.6 Å². The van der Waals surface area contributed by atoms with E-state index in [9.17, 15) is 0 Å². The normalized spacial score (nSPS) is 10.5. The van der Waals surface area contributed by atoms with Gasteiger partial charge in [-0.25, -0.2) is 0 Å². The number of nitrogens with one attached hydrogen (secondary N) is 1. The Bertz CT molecular complexity index is 614. The average molecular weight is 350 g/mol. The van der Waals surface area contributed by atoms with Crippen molar-refractivity contribution in [3.05, 3.63) is 57.6 Å². The van der Waals surface area contributed by atoms with Gasteiger partial charge in [-0.2, -0.15) is 0 Å². The van der Waals surface area contributed by atoms with E-state index in [4.69, 9.17) is 9.47 Å². The first kappa shape index (κ1) is 15.9. The third-order valence-electron chi connectivity index (χ3n) is 3.21. The van der Waals surface area contributed by atoms with Gasteiger partial charge in [0, 0.05) is 22.1 Å². The van der Waals surface area contributed by atoms with E-state index in [1.165, 1.54) is 5.56 Å². The van der Waals surface area contributed by atoms with Gasteiger partial charge in [-0.15, -0.1) is 0 Å². The van der Waals surface area contributed by atoms with Crippen LogP contribution in [0.15, 0.2) is 40.9 Å². The topological polar surface area (TPSA) is 30.5 Å². The fourth-order valence-corrected chi connectivity index (χ4v) is 2.60. The van der Waals surface area contributed by atoms with Crippen LogP contribution in [0.3, 0.4) is 0 Å². The molecule has 2 aromatic rings. The monoisotopic (exact) mass is 349 g/mol. The molecule has 0 spiro atoms. The Balaban J connectivity index is 2.18. The number of hydrogen-bond donors (Lipinski definition) is 1. The lowest BCUT2D eigenvalue weighted by Gasteiger charge is -2.14. The maximum absolute atomic E-state index is 5.99. The van der Waals surface area contributed by atoms with E-state index >= 15 is 0 Å². The van der Waals surface area contributed by atoms with Crippen LogP contribution in [-0.4, -0.2) is 14.2 Å². The molecule has 0 aliphatic rings. The molecule has 0 fully saturated rings. The van der Waals surface area contributed by atoms with E-state index in [1.807, 2.05) is 31.3 Å². The summed E-state index contributed by atoms with van der Waals surface area (Å²) in [6.45, 7) is 3.34. The van der Waals surface area contributed by atoms with Crippen molar-refractivity contribution in [3.63, 3.8) is 0 Å². The highest BCUT2D eigenvalue weighted by molar-refractivity contribution is 9.10. The molecule has 0 bridgehead atoms. The van der Waals surface area contributed by atoms with Gasteiger partial charge >= 0.3 is 0 Å². The molecule has 112 valence electrons. The molecule has 2 aromatic carbocycles. The molecule has 0 radical (unpaired) electrons. The summed E-state index contributed by atoms with van der Waals surface area (Å²) in [5, 5.41) is 3.17. The van der Waals surface area contributed by atoms with E-state index in [0.717, 1.165) is 33.6 Å². The maximum atomic E-state index is 5.99. The van der Waals surface area contributed by atoms with E-state index in [0.29, 0.717) is 6.61 Å². The Labute approximate surface area is 134 Å². The molecule has 4 heteroatoms. The minimum absolute atomic E-state index is 0.475. The second kappa shape index (κ2) is 7.48. The SMILES string of the molecule is CNCc1cc(C)ccc1OCc1cc(Br)ccc1OC. The second-order valence-electron chi connectivity index (χ2n) is 4.89. The van der Waals surface area contributed by atoms with Crippen LogP contribution in [0.1, 0.15) is 16.7 Å². The van der Waals surface area contributed by atoms with Crippen molar-refractivity contribution in [2.75, 3.05) is 14.2 Å². The van der Waals surface area contributed by atoms with Gasteiger partial charge in [0.15, 0.2) is 0 Å². The predicted molar refractivity (Wildman–Crippen MR) is 89.0 cm³/mol. The van der Waals surface area contributed by atoms with Gasteiger partial charge in [-0.3, -0.25) is 0 Å². The van der Waals surface area contributed by atoms with E-state index in [-0.39, 0.29) is 0 Å². The second-order valence-corrected chi connectivity index (χ2v) is 5.80. The van der Waals surface area contributed by atoms with Crippen LogP contribution >= 0.6 is 15.9 Å². The van der Waals surface area contributed by atoms with E-state index < -0.39 is 0 Å². The fraction of sp³-hybridized carbons (Fsp3) is 0.294. The minimum Gasteiger partial charge on any atom is -0.496 e. The summed E-state index contributed by atoms with van der Waals surface area (Å²) < 4.78 is 12.4. The van der Waals surface area contributed by atoms with Gasteiger partial charge in [-0.05, 0) is 38.2 Å². The first-order valence-electron chi connectivity index (χ1n) is 6.83. The maximum Gasteiger partial charge on any atom is 0.125 e. The Kier molecular flexibility index (Phi) is 5.65. The van der Waals surface area contributed by atoms with Crippen molar-refractivity contribution in [1.82, 2.24) is 5.32 Å². The molecule has 21 heavy (non-hydrogen) atoms. The summed E-state index contributed by atoms with van der Waals surface area (Å²) in [5.41, 5.74) is 3.40. The van der Waals surface area contributed by atoms with Crippen molar-refractivity contribution in [3.8, 4) is 11.5 Å². The molecule has 0 aliphatic heterocycles. The highest BCUT2D eigenvalue weighted by atomic mass is 79.9. The molecule has 0 unspecified atom stereocenters. The summed E-state index contributed by atoms with van der Waals surface area (Å²) in [6.07, 6.45) is 0. The van der Waals surface area contributed by atoms with Crippen LogP contribution < -0.4 is 14.8 Å². The zero-order valence-corrected chi connectivity index (χ0v) is 14.2. The van der Waals surface area contributed by atoms with Crippen LogP contribution in [0.4, 0.5) is 0 Å². The molecule has 1 N–H and O–H groups in total. The molecule has 0 aromatic heterocycles. The third kappa shape index (κ3) is 4.22. The zero-order valence-electron chi connectivity index (χ0n) is 12.6. The first-order chi connectivity index (χ1) is 10.1. The highest BCUT2D eigenvalue weighted by Crippen LogP contribution is 2.26. The summed E-state index contributed by atoms with van der Waals surface area (Å²) in [7, 11) is 3.61. The van der Waals surface area contributed by atoms with Gasteiger partial charge < -0.3 is 14.8 Å². The van der Waals surface area contributed by atoms with Crippen LogP contribution in [0, 0.1) is 6.92 Å². The molecule has 0 aliphatic carbocycles. The number of aryl methyl sites for hydroxylation is 1. The van der Waals surface area contributed by atoms with Crippen molar-refractivity contribution in [2.45, 2.75) is 20.1 Å². The van der Waals surface area contributed by atoms with Crippen LogP contribution in [0.25, 0.3) is 0 Å². The Morgan fingerprint density at radius 2 is 1.81 bits per heavy atom. The van der Waals surface area contributed by atoms with Gasteiger partial charge in [0.25, 0.3) is 0 Å². The molecule has 2 rings (SSSR count). The Hall–Kier alpha value is -1.52. The summed E-state index contributed by atoms with van der Waals surface area (Å²) in [4.78, 5) is 0. The summed E-state index contributed by atoms with van der Waals surface area (Å²) in [5.74, 6) is 1.73. The van der Waals surface area contributed by atoms with Gasteiger partial charge in [0.05, 0.1) is 7.11 Å². The molecule has 0 saturated heterocycles. The van der Waals surface area contributed by atoms with Crippen molar-refractivity contribution in [2.24, 2.45) is 0 Å². The highest BCUT2D eigenvalue weighted by Gasteiger charge is 2.08. The quantitative estimate of drug-likeness (QED) is 0.852. The standard InChI is InChI=1S/C17H20BrNO2/c1-12-4-6-17(13(8-12)10-19-2)21-11-14-9-15(18)5-7-16(14)20-3/h4-9,19H,10-11H2,1-3H3. The summed E-state index contributed by atoms with van der Waals surface area (Å²) in [6, 6.07) is 12.1. The largest absolute Gasteiger partial charge is 0.496 e. The van der Waals surface area contributed by atoms with E-state index in [1.54, 1.807) is 7.11 Å². The molecular weight excluding hydrogens is 330 g/mol. The minimum atomic E-state index is 0.475. The zero-order chi connectivity index (χ0) is 15.2. The van der Waals surface area contributed by atoms with E-state index in [2.05, 4.69) is 40.3 Å². The molecule has 0 atom stereocenters. The Morgan fingerprint density at radius 1 is 1.05 bits per heavy atom. The van der Waals surface area contributed by atoms with Gasteiger partial charge in [0.2, 0.25) is 0 Å². The lowest BCUT2D eigenvalue weighted by atomic mass is 10.1. The van der Waals surface area contributed by atoms with Crippen LogP contribution in [-0.2, 0) is 13.2 Å². The van der Waals surface area contributed by atoms with Crippen molar-refractivity contribution < 1.29 is 9.47 Å². The molecule has 3 nitrogen and oxygen atoms in total. The predicted octanol–water partition coefficient (Wildman–Crippen LogP) is 4.06. The van der Waals surface area contributed by atoms with Crippen molar-refractivity contribution in [1.29, 1.82) is 0 Å². The van der Waals surface area contributed by atoms with Crippen molar-refractivity contribution >= 4 is 15.9 Å². The molecular formula is C17H20BrNO2. The number of rotatable bonds is 6. The first-order valence-corrected chi connectivity index (χ1v) is 7.62. The smallest absolute Gasteiger partial charge is 0.125 e. The fourth-order valence-electron chi connectivity index (χ4n) is 2.19. The Morgan fingerprint density at radius 3 is 2.52 bits per heavy atom. The lowest BCUT2D eigenvalue weighted by Crippen LogP contribution is -2.08. The molecule has 0 heterocycles. The molecule has 0 saturated carbocycles. The van der Waals surface area contributed by atoms with Crippen LogP contribution in [0.5, 0.6) is 11.5 Å². The number of methoxy groups -OCH3 is 1.